The van der Waals surface area contributed by atoms with E-state index >= 15 is 0 Å². The zero-order chi connectivity index (χ0) is 27.8. The lowest BCUT2D eigenvalue weighted by Crippen LogP contribution is -2.24. The summed E-state index contributed by atoms with van der Waals surface area (Å²) in [5.41, 5.74) is 4.87. The Morgan fingerprint density at radius 3 is 2.08 bits per heavy atom. The molecule has 0 saturated heterocycles. The summed E-state index contributed by atoms with van der Waals surface area (Å²) in [6.45, 7) is 5.75. The summed E-state index contributed by atoms with van der Waals surface area (Å²) in [5.74, 6) is -1.12. The second kappa shape index (κ2) is 13.0. The van der Waals surface area contributed by atoms with Crippen LogP contribution in [-0.2, 0) is 15.8 Å². The summed E-state index contributed by atoms with van der Waals surface area (Å²) in [5, 5.41) is 12.5. The Morgan fingerprint density at radius 1 is 0.947 bits per heavy atom. The zero-order valence-corrected chi connectivity index (χ0v) is 23.0. The molecule has 1 atom stereocenters. The highest BCUT2D eigenvalue weighted by atomic mass is 32.2. The molecular weight excluding hydrogens is 502 g/mol. The smallest absolute Gasteiger partial charge is 0.318 e. The summed E-state index contributed by atoms with van der Waals surface area (Å²) in [6, 6.07) is 20.1. The van der Waals surface area contributed by atoms with Crippen LogP contribution < -0.4 is 14.9 Å². The van der Waals surface area contributed by atoms with E-state index in [1.807, 2.05) is 68.4 Å². The summed E-state index contributed by atoms with van der Waals surface area (Å²) >= 11 is 0. The molecule has 1 aromatic heterocycles. The van der Waals surface area contributed by atoms with Crippen LogP contribution in [0.4, 0.5) is 11.4 Å². The topological polar surface area (TPSA) is 112 Å². The molecule has 8 nitrogen and oxygen atoms in total. The molecule has 0 spiro atoms. The number of nitrogens with zero attached hydrogens (tertiary/aromatic N) is 1. The van der Waals surface area contributed by atoms with Gasteiger partial charge in [-0.2, -0.15) is 0 Å². The van der Waals surface area contributed by atoms with Crippen LogP contribution in [0.1, 0.15) is 36.4 Å². The van der Waals surface area contributed by atoms with Crippen molar-refractivity contribution >= 4 is 45.2 Å². The Hall–Kier alpha value is -3.95. The number of nitrogens with one attached hydrogen (secondary N) is 2. The van der Waals surface area contributed by atoms with Gasteiger partial charge in [0.15, 0.2) is 5.76 Å². The summed E-state index contributed by atoms with van der Waals surface area (Å²) in [7, 11) is 2.30. The van der Waals surface area contributed by atoms with Gasteiger partial charge in [-0.05, 0) is 54.4 Å². The molecule has 1 amide bonds. The van der Waals surface area contributed by atoms with E-state index in [2.05, 4.69) is 23.9 Å². The number of carboxylic acids is 1. The fraction of sp³-hybridized carbons (Fsp3) is 0.241. The molecule has 4 rings (SSSR count). The van der Waals surface area contributed by atoms with Crippen molar-refractivity contribution in [2.75, 3.05) is 30.9 Å². The molecule has 0 fully saturated rings. The zero-order valence-electron chi connectivity index (χ0n) is 22.2. The molecule has 1 unspecified atom stereocenters. The van der Waals surface area contributed by atoms with Crippen molar-refractivity contribution in [2.24, 2.45) is 0 Å². The molecule has 1 heterocycles. The maximum atomic E-state index is 12.9. The van der Waals surface area contributed by atoms with Crippen LogP contribution in [0.5, 0.6) is 0 Å². The number of carboxylic acid groups (broad SMARTS) is 1. The highest BCUT2D eigenvalue weighted by Crippen LogP contribution is 2.33. The molecule has 3 N–H and O–H groups in total. The Morgan fingerprint density at radius 2 is 1.53 bits per heavy atom. The maximum absolute atomic E-state index is 12.9. The van der Waals surface area contributed by atoms with E-state index < -0.39 is 17.0 Å². The Bertz CT molecular complexity index is 1430. The predicted octanol–water partition coefficient (Wildman–Crippen LogP) is 5.84. The van der Waals surface area contributed by atoms with E-state index in [9.17, 15) is 13.8 Å². The third-order valence-electron chi connectivity index (χ3n) is 5.52. The van der Waals surface area contributed by atoms with E-state index in [1.165, 1.54) is 6.42 Å². The van der Waals surface area contributed by atoms with Crippen LogP contribution in [0, 0.1) is 6.92 Å². The molecule has 9 heteroatoms. The van der Waals surface area contributed by atoms with Gasteiger partial charge < -0.3 is 19.7 Å². The van der Waals surface area contributed by atoms with Gasteiger partial charge in [0.25, 0.3) is 5.91 Å². The summed E-state index contributed by atoms with van der Waals surface area (Å²) < 4.78 is 20.4. The molecule has 0 aliphatic carbocycles. The van der Waals surface area contributed by atoms with Gasteiger partial charge in [0.05, 0.1) is 4.90 Å². The van der Waals surface area contributed by atoms with Gasteiger partial charge in [-0.1, -0.05) is 50.6 Å². The van der Waals surface area contributed by atoms with E-state index in [-0.39, 0.29) is 18.2 Å². The molecule has 0 saturated carbocycles. The number of hydrogen-bond acceptors (Lipinski definition) is 5. The first-order chi connectivity index (χ1) is 18.2. The molecular formula is C29H33N3O5S. The van der Waals surface area contributed by atoms with Gasteiger partial charge in [0.1, 0.15) is 23.1 Å². The van der Waals surface area contributed by atoms with Crippen molar-refractivity contribution in [3.63, 3.8) is 0 Å². The van der Waals surface area contributed by atoms with Crippen molar-refractivity contribution in [3.8, 4) is 11.1 Å². The van der Waals surface area contributed by atoms with E-state index in [1.54, 1.807) is 24.3 Å². The second-order valence-corrected chi connectivity index (χ2v) is 10.1. The van der Waals surface area contributed by atoms with E-state index in [4.69, 9.17) is 9.52 Å². The molecule has 0 aliphatic rings. The van der Waals surface area contributed by atoms with Gasteiger partial charge in [0, 0.05) is 36.4 Å². The number of fused-ring (bicyclic) bond motifs is 1. The van der Waals surface area contributed by atoms with Crippen LogP contribution in [0.25, 0.3) is 22.1 Å². The lowest BCUT2D eigenvalue weighted by molar-refractivity contribution is -0.135. The molecule has 4 aromatic rings. The number of rotatable bonds is 8. The quantitative estimate of drug-likeness (QED) is 0.261. The Labute approximate surface area is 225 Å². The standard InChI is InChI=1S/C26H25N3O5S.C3H8/c1-16-24-21(29(2)3)5-4-6-22(24)34-25(16)26(32)28-19-11-7-17(8-12-19)18-9-13-20(14-10-18)35(33)27-15-23(30)31;1-3-2/h4-14,27H,15H2,1-3H3,(H,28,32)(H,30,31);3H2,1-2H3. The van der Waals surface area contributed by atoms with Gasteiger partial charge >= 0.3 is 5.97 Å². The van der Waals surface area contributed by atoms with Crippen molar-refractivity contribution in [1.82, 2.24) is 4.72 Å². The van der Waals surface area contributed by atoms with Gasteiger partial charge in [0.2, 0.25) is 0 Å². The average molecular weight is 536 g/mol. The highest BCUT2D eigenvalue weighted by Gasteiger charge is 2.20. The molecule has 200 valence electrons. The minimum absolute atomic E-state index is 0.276. The first kappa shape index (κ1) is 28.6. The lowest BCUT2D eigenvalue weighted by Gasteiger charge is -2.13. The van der Waals surface area contributed by atoms with E-state index in [0.29, 0.717) is 16.2 Å². The number of aryl methyl sites for hydroxylation is 1. The fourth-order valence-electron chi connectivity index (χ4n) is 3.79. The fourth-order valence-corrected chi connectivity index (χ4v) is 4.59. The summed E-state index contributed by atoms with van der Waals surface area (Å²) in [4.78, 5) is 26.0. The molecule has 3 aromatic carbocycles. The Balaban J connectivity index is 0.00000127. The SMILES string of the molecule is CCC.Cc1c(C(=O)Nc2ccc(-c3ccc(S(=O)NCC(=O)O)cc3)cc2)oc2cccc(N(C)C)c12. The molecule has 0 aliphatic heterocycles. The second-order valence-electron chi connectivity index (χ2n) is 8.85. The van der Waals surface area contributed by atoms with Crippen molar-refractivity contribution in [1.29, 1.82) is 0 Å². The minimum Gasteiger partial charge on any atom is -0.480 e. The van der Waals surface area contributed by atoms with Gasteiger partial charge in [-0.25, -0.2) is 8.93 Å². The van der Waals surface area contributed by atoms with Gasteiger partial charge in [-0.3, -0.25) is 9.59 Å². The number of anilines is 2. The van der Waals surface area contributed by atoms with Gasteiger partial charge in [-0.15, -0.1) is 0 Å². The Kier molecular flexibility index (Phi) is 9.81. The third kappa shape index (κ3) is 6.87. The number of aliphatic carboxylic acids is 1. The summed E-state index contributed by atoms with van der Waals surface area (Å²) in [6.07, 6.45) is 1.25. The molecule has 0 radical (unpaired) electrons. The monoisotopic (exact) mass is 535 g/mol. The van der Waals surface area contributed by atoms with E-state index in [0.717, 1.165) is 27.8 Å². The number of benzene rings is 3. The first-order valence-corrected chi connectivity index (χ1v) is 13.4. The molecule has 0 bridgehead atoms. The maximum Gasteiger partial charge on any atom is 0.318 e. The number of hydrogen-bond donors (Lipinski definition) is 3. The normalized spacial score (nSPS) is 11.4. The van der Waals surface area contributed by atoms with Crippen molar-refractivity contribution in [2.45, 2.75) is 32.1 Å². The lowest BCUT2D eigenvalue weighted by atomic mass is 10.1. The number of carbonyl (C=O) groups excluding carboxylic acids is 1. The predicted molar refractivity (Wildman–Crippen MR) is 153 cm³/mol. The van der Waals surface area contributed by atoms with Crippen molar-refractivity contribution in [3.05, 3.63) is 78.1 Å². The van der Waals surface area contributed by atoms with Crippen LogP contribution >= 0.6 is 0 Å². The molecule has 38 heavy (non-hydrogen) atoms. The number of furan rings is 1. The van der Waals surface area contributed by atoms with Crippen LogP contribution in [0.2, 0.25) is 0 Å². The van der Waals surface area contributed by atoms with Crippen LogP contribution in [0.3, 0.4) is 0 Å². The largest absolute Gasteiger partial charge is 0.480 e. The van der Waals surface area contributed by atoms with Crippen molar-refractivity contribution < 1.29 is 23.3 Å². The minimum atomic E-state index is -1.60. The van der Waals surface area contributed by atoms with Crippen LogP contribution in [0.15, 0.2) is 76.0 Å². The average Bonchev–Trinajstić information content (AvgIpc) is 3.25. The first-order valence-electron chi connectivity index (χ1n) is 12.2. The number of amides is 1. The highest BCUT2D eigenvalue weighted by molar-refractivity contribution is 7.83. The number of carbonyl (C=O) groups is 2. The third-order valence-corrected chi connectivity index (χ3v) is 6.63. The van der Waals surface area contributed by atoms with Crippen LogP contribution in [-0.4, -0.2) is 41.8 Å².